The van der Waals surface area contributed by atoms with Gasteiger partial charge in [0.2, 0.25) is 5.91 Å². The van der Waals surface area contributed by atoms with E-state index in [2.05, 4.69) is 5.32 Å². The highest BCUT2D eigenvalue weighted by Crippen LogP contribution is 2.28. The molecule has 0 spiro atoms. The molecular formula is C14H28N2O2. The molecule has 106 valence electrons. The van der Waals surface area contributed by atoms with Crippen LogP contribution in [-0.4, -0.2) is 49.7 Å². The van der Waals surface area contributed by atoms with Crippen LogP contribution in [0.1, 0.15) is 40.0 Å². The highest BCUT2D eigenvalue weighted by atomic mass is 16.5. The summed E-state index contributed by atoms with van der Waals surface area (Å²) < 4.78 is 5.55. The third-order valence-corrected chi connectivity index (χ3v) is 3.41. The van der Waals surface area contributed by atoms with Crippen LogP contribution < -0.4 is 5.32 Å². The average Bonchev–Trinajstić information content (AvgIpc) is 3.18. The summed E-state index contributed by atoms with van der Waals surface area (Å²) in [5, 5.41) is 3.26. The molecule has 1 N–H and O–H groups in total. The highest BCUT2D eigenvalue weighted by Gasteiger charge is 2.21. The lowest BCUT2D eigenvalue weighted by atomic mass is 10.2. The van der Waals surface area contributed by atoms with Crippen molar-refractivity contribution in [2.75, 3.05) is 32.8 Å². The zero-order valence-corrected chi connectivity index (χ0v) is 12.1. The van der Waals surface area contributed by atoms with E-state index in [4.69, 9.17) is 4.74 Å². The molecule has 18 heavy (non-hydrogen) atoms. The summed E-state index contributed by atoms with van der Waals surface area (Å²) in [5.74, 6) is 1.03. The number of carbonyl (C=O) groups excluding carboxylic acids is 1. The number of carbonyl (C=O) groups is 1. The third-order valence-electron chi connectivity index (χ3n) is 3.41. The zero-order chi connectivity index (χ0) is 13.4. The van der Waals surface area contributed by atoms with E-state index >= 15 is 0 Å². The number of nitrogens with one attached hydrogen (secondary N) is 1. The molecule has 0 aliphatic heterocycles. The summed E-state index contributed by atoms with van der Waals surface area (Å²) >= 11 is 0. The van der Waals surface area contributed by atoms with Gasteiger partial charge in [0.1, 0.15) is 0 Å². The van der Waals surface area contributed by atoms with Crippen LogP contribution >= 0.6 is 0 Å². The lowest BCUT2D eigenvalue weighted by Crippen LogP contribution is -2.45. The van der Waals surface area contributed by atoms with Crippen molar-refractivity contribution in [3.05, 3.63) is 0 Å². The monoisotopic (exact) mass is 256 g/mol. The van der Waals surface area contributed by atoms with E-state index in [1.54, 1.807) is 0 Å². The van der Waals surface area contributed by atoms with E-state index in [0.29, 0.717) is 0 Å². The SMILES string of the molecule is CCN(CC)C(=O)C(C)NCCCOCC1CC1. The average molecular weight is 256 g/mol. The van der Waals surface area contributed by atoms with Crippen LogP contribution in [0.4, 0.5) is 0 Å². The maximum absolute atomic E-state index is 12.0. The van der Waals surface area contributed by atoms with Crippen LogP contribution in [-0.2, 0) is 9.53 Å². The maximum atomic E-state index is 12.0. The summed E-state index contributed by atoms with van der Waals surface area (Å²) in [5.41, 5.74) is 0. The van der Waals surface area contributed by atoms with Gasteiger partial charge in [-0.1, -0.05) is 0 Å². The van der Waals surface area contributed by atoms with Gasteiger partial charge in [-0.2, -0.15) is 0 Å². The molecule has 0 aromatic rings. The number of likely N-dealkylation sites (N-methyl/N-ethyl adjacent to an activating group) is 1. The molecule has 1 fully saturated rings. The van der Waals surface area contributed by atoms with E-state index < -0.39 is 0 Å². The van der Waals surface area contributed by atoms with Crippen LogP contribution in [0.25, 0.3) is 0 Å². The molecule has 0 radical (unpaired) electrons. The Labute approximate surface area is 111 Å². The van der Waals surface area contributed by atoms with E-state index in [1.807, 2.05) is 25.7 Å². The maximum Gasteiger partial charge on any atom is 0.239 e. The molecule has 0 heterocycles. The van der Waals surface area contributed by atoms with Crippen molar-refractivity contribution in [2.24, 2.45) is 5.92 Å². The first-order chi connectivity index (χ1) is 8.69. The van der Waals surface area contributed by atoms with Crippen LogP contribution in [0.5, 0.6) is 0 Å². The molecule has 1 unspecified atom stereocenters. The van der Waals surface area contributed by atoms with Gasteiger partial charge in [0.05, 0.1) is 6.04 Å². The first-order valence-corrected chi connectivity index (χ1v) is 7.28. The third kappa shape index (κ3) is 5.83. The number of ether oxygens (including phenoxy) is 1. The van der Waals surface area contributed by atoms with Crippen molar-refractivity contribution in [2.45, 2.75) is 46.1 Å². The second-order valence-electron chi connectivity index (χ2n) is 5.06. The van der Waals surface area contributed by atoms with Gasteiger partial charge in [-0.15, -0.1) is 0 Å². The molecule has 4 heteroatoms. The van der Waals surface area contributed by atoms with Gasteiger partial charge in [0.25, 0.3) is 0 Å². The second kappa shape index (κ2) is 8.48. The quantitative estimate of drug-likeness (QED) is 0.604. The fraction of sp³-hybridized carbons (Fsp3) is 0.929. The number of rotatable bonds is 10. The Morgan fingerprint density at radius 2 is 2.06 bits per heavy atom. The summed E-state index contributed by atoms with van der Waals surface area (Å²) in [7, 11) is 0. The van der Waals surface area contributed by atoms with Crippen LogP contribution in [0.15, 0.2) is 0 Å². The Morgan fingerprint density at radius 1 is 1.39 bits per heavy atom. The fourth-order valence-corrected chi connectivity index (χ4v) is 1.92. The highest BCUT2D eigenvalue weighted by molar-refractivity contribution is 5.81. The molecule has 1 rings (SSSR count). The lowest BCUT2D eigenvalue weighted by Gasteiger charge is -2.23. The van der Waals surface area contributed by atoms with E-state index in [-0.39, 0.29) is 11.9 Å². The Balaban J connectivity index is 2.00. The van der Waals surface area contributed by atoms with Gasteiger partial charge in [-0.05, 0) is 52.5 Å². The van der Waals surface area contributed by atoms with Gasteiger partial charge in [-0.25, -0.2) is 0 Å². The van der Waals surface area contributed by atoms with Crippen molar-refractivity contribution in [1.29, 1.82) is 0 Å². The van der Waals surface area contributed by atoms with Crippen molar-refractivity contribution in [1.82, 2.24) is 10.2 Å². The van der Waals surface area contributed by atoms with E-state index in [1.165, 1.54) is 12.8 Å². The number of hydrogen-bond acceptors (Lipinski definition) is 3. The zero-order valence-electron chi connectivity index (χ0n) is 12.1. The summed E-state index contributed by atoms with van der Waals surface area (Å²) in [6.45, 7) is 10.1. The van der Waals surface area contributed by atoms with Gasteiger partial charge in [-0.3, -0.25) is 4.79 Å². The predicted molar refractivity (Wildman–Crippen MR) is 73.6 cm³/mol. The van der Waals surface area contributed by atoms with Gasteiger partial charge in [0.15, 0.2) is 0 Å². The van der Waals surface area contributed by atoms with Crippen molar-refractivity contribution >= 4 is 5.91 Å². The molecule has 0 aromatic carbocycles. The smallest absolute Gasteiger partial charge is 0.239 e. The summed E-state index contributed by atoms with van der Waals surface area (Å²) in [4.78, 5) is 13.8. The molecule has 0 aromatic heterocycles. The first-order valence-electron chi connectivity index (χ1n) is 7.28. The minimum absolute atomic E-state index is 0.0895. The van der Waals surface area contributed by atoms with Gasteiger partial charge < -0.3 is 15.0 Å². The minimum Gasteiger partial charge on any atom is -0.381 e. The van der Waals surface area contributed by atoms with Gasteiger partial charge in [0, 0.05) is 26.3 Å². The molecule has 0 saturated heterocycles. The Morgan fingerprint density at radius 3 is 2.61 bits per heavy atom. The molecular weight excluding hydrogens is 228 g/mol. The number of hydrogen-bond donors (Lipinski definition) is 1. The summed E-state index contributed by atoms with van der Waals surface area (Å²) in [6, 6.07) is -0.0895. The first kappa shape index (κ1) is 15.4. The Kier molecular flexibility index (Phi) is 7.28. The van der Waals surface area contributed by atoms with E-state index in [0.717, 1.165) is 45.2 Å². The molecule has 1 aliphatic rings. The molecule has 1 saturated carbocycles. The van der Waals surface area contributed by atoms with Crippen LogP contribution in [0, 0.1) is 5.92 Å². The largest absolute Gasteiger partial charge is 0.381 e. The Hall–Kier alpha value is -0.610. The molecule has 4 nitrogen and oxygen atoms in total. The molecule has 1 atom stereocenters. The molecule has 1 amide bonds. The van der Waals surface area contributed by atoms with Crippen molar-refractivity contribution < 1.29 is 9.53 Å². The molecule has 1 aliphatic carbocycles. The number of nitrogens with zero attached hydrogens (tertiary/aromatic N) is 1. The van der Waals surface area contributed by atoms with Crippen molar-refractivity contribution in [3.63, 3.8) is 0 Å². The Bertz CT molecular complexity index is 238. The normalized spacial score (nSPS) is 16.6. The summed E-state index contributed by atoms with van der Waals surface area (Å²) in [6.07, 6.45) is 3.66. The lowest BCUT2D eigenvalue weighted by molar-refractivity contribution is -0.132. The predicted octanol–water partition coefficient (Wildman–Crippen LogP) is 1.65. The standard InChI is InChI=1S/C14H28N2O2/c1-4-16(5-2)14(17)12(3)15-9-6-10-18-11-13-7-8-13/h12-13,15H,4-11H2,1-3H3. The van der Waals surface area contributed by atoms with E-state index in [9.17, 15) is 4.79 Å². The van der Waals surface area contributed by atoms with Crippen LogP contribution in [0.2, 0.25) is 0 Å². The fourth-order valence-electron chi connectivity index (χ4n) is 1.92. The second-order valence-corrected chi connectivity index (χ2v) is 5.06. The van der Waals surface area contributed by atoms with Gasteiger partial charge >= 0.3 is 0 Å². The minimum atomic E-state index is -0.0895. The van der Waals surface area contributed by atoms with Crippen LogP contribution in [0.3, 0.4) is 0 Å². The molecule has 0 bridgehead atoms. The topological polar surface area (TPSA) is 41.6 Å². The van der Waals surface area contributed by atoms with Crippen molar-refractivity contribution in [3.8, 4) is 0 Å². The number of amides is 1.